The SMILES string of the molecule is CC(C)C(C#N)(CCCN1CCN(CCOc2cccc(C#N)c2)CC1)c1cccn1C. The van der Waals surface area contributed by atoms with E-state index in [1.54, 1.807) is 12.1 Å². The molecule has 0 bridgehead atoms. The molecule has 1 saturated heterocycles. The Morgan fingerprint density at radius 3 is 2.34 bits per heavy atom. The number of aryl methyl sites for hydroxylation is 1. The number of nitriles is 2. The lowest BCUT2D eigenvalue weighted by Gasteiger charge is -2.36. The topological polar surface area (TPSA) is 68.2 Å². The van der Waals surface area contributed by atoms with Gasteiger partial charge in [0, 0.05) is 51.7 Å². The summed E-state index contributed by atoms with van der Waals surface area (Å²) in [7, 11) is 2.03. The summed E-state index contributed by atoms with van der Waals surface area (Å²) >= 11 is 0. The number of aromatic nitrogens is 1. The molecule has 1 aromatic heterocycles. The van der Waals surface area contributed by atoms with Crippen LogP contribution < -0.4 is 4.74 Å². The van der Waals surface area contributed by atoms with Crippen molar-refractivity contribution in [1.29, 1.82) is 10.5 Å². The summed E-state index contributed by atoms with van der Waals surface area (Å²) in [4.78, 5) is 4.95. The number of piperazine rings is 1. The van der Waals surface area contributed by atoms with Gasteiger partial charge in [-0.15, -0.1) is 0 Å². The number of rotatable bonds is 10. The van der Waals surface area contributed by atoms with Crippen molar-refractivity contribution in [3.63, 3.8) is 0 Å². The fourth-order valence-corrected chi connectivity index (χ4v) is 4.65. The van der Waals surface area contributed by atoms with Crippen LogP contribution in [-0.4, -0.2) is 60.2 Å². The molecule has 1 aromatic carbocycles. The number of hydrogen-bond acceptors (Lipinski definition) is 5. The van der Waals surface area contributed by atoms with Gasteiger partial charge < -0.3 is 14.2 Å². The van der Waals surface area contributed by atoms with Gasteiger partial charge in [-0.2, -0.15) is 10.5 Å². The minimum atomic E-state index is -0.430. The Bertz CT molecular complexity index is 946. The van der Waals surface area contributed by atoms with E-state index in [0.717, 1.165) is 63.6 Å². The van der Waals surface area contributed by atoms with Gasteiger partial charge in [0.1, 0.15) is 12.4 Å². The molecule has 6 nitrogen and oxygen atoms in total. The van der Waals surface area contributed by atoms with Gasteiger partial charge in [-0.1, -0.05) is 19.9 Å². The first-order valence-corrected chi connectivity index (χ1v) is 11.6. The summed E-state index contributed by atoms with van der Waals surface area (Å²) in [5, 5.41) is 19.1. The molecule has 0 saturated carbocycles. The fourth-order valence-electron chi connectivity index (χ4n) is 4.65. The van der Waals surface area contributed by atoms with E-state index in [2.05, 4.69) is 46.4 Å². The molecule has 2 heterocycles. The summed E-state index contributed by atoms with van der Waals surface area (Å²) in [5.74, 6) is 1.03. The molecular weight excluding hydrogens is 398 g/mol. The molecule has 1 atom stereocenters. The minimum Gasteiger partial charge on any atom is -0.492 e. The number of ether oxygens (including phenoxy) is 1. The molecule has 1 aliphatic rings. The van der Waals surface area contributed by atoms with E-state index < -0.39 is 5.41 Å². The van der Waals surface area contributed by atoms with Crippen molar-refractivity contribution in [2.75, 3.05) is 45.9 Å². The zero-order valence-electron chi connectivity index (χ0n) is 19.6. The van der Waals surface area contributed by atoms with Gasteiger partial charge >= 0.3 is 0 Å². The molecule has 3 rings (SSSR count). The van der Waals surface area contributed by atoms with Crippen molar-refractivity contribution < 1.29 is 4.74 Å². The van der Waals surface area contributed by atoms with E-state index in [1.165, 1.54) is 0 Å². The molecule has 1 fully saturated rings. The Balaban J connectivity index is 1.40. The average molecular weight is 434 g/mol. The van der Waals surface area contributed by atoms with Crippen molar-refractivity contribution in [3.8, 4) is 17.9 Å². The molecule has 2 aromatic rings. The second-order valence-electron chi connectivity index (χ2n) is 9.02. The molecule has 1 aliphatic heterocycles. The van der Waals surface area contributed by atoms with Crippen LogP contribution in [0.1, 0.15) is 37.9 Å². The van der Waals surface area contributed by atoms with Crippen molar-refractivity contribution in [3.05, 3.63) is 53.9 Å². The summed E-state index contributed by atoms with van der Waals surface area (Å²) in [6.45, 7) is 11.0. The van der Waals surface area contributed by atoms with Crippen LogP contribution >= 0.6 is 0 Å². The molecular formula is C26H35N5O. The molecule has 0 aliphatic carbocycles. The van der Waals surface area contributed by atoms with Gasteiger partial charge in [0.25, 0.3) is 0 Å². The third-order valence-electron chi connectivity index (χ3n) is 6.74. The van der Waals surface area contributed by atoms with E-state index >= 15 is 0 Å². The molecule has 32 heavy (non-hydrogen) atoms. The summed E-state index contributed by atoms with van der Waals surface area (Å²) < 4.78 is 7.92. The van der Waals surface area contributed by atoms with Gasteiger partial charge in [0.15, 0.2) is 0 Å². The van der Waals surface area contributed by atoms with Gasteiger partial charge in [0.2, 0.25) is 0 Å². The van der Waals surface area contributed by atoms with Crippen molar-refractivity contribution in [1.82, 2.24) is 14.4 Å². The first-order valence-electron chi connectivity index (χ1n) is 11.6. The zero-order valence-corrected chi connectivity index (χ0v) is 19.6. The van der Waals surface area contributed by atoms with Gasteiger partial charge in [0.05, 0.1) is 23.1 Å². The Morgan fingerprint density at radius 1 is 1.03 bits per heavy atom. The van der Waals surface area contributed by atoms with Gasteiger partial charge in [-0.05, 0) is 55.6 Å². The Labute approximate surface area is 192 Å². The second-order valence-corrected chi connectivity index (χ2v) is 9.02. The third-order valence-corrected chi connectivity index (χ3v) is 6.74. The molecule has 1 unspecified atom stereocenters. The van der Waals surface area contributed by atoms with E-state index in [4.69, 9.17) is 10.00 Å². The lowest BCUT2D eigenvalue weighted by atomic mass is 9.72. The quantitative estimate of drug-likeness (QED) is 0.570. The highest BCUT2D eigenvalue weighted by Crippen LogP contribution is 2.36. The fraction of sp³-hybridized carbons (Fsp3) is 0.538. The van der Waals surface area contributed by atoms with Crippen molar-refractivity contribution in [2.24, 2.45) is 13.0 Å². The molecule has 0 N–H and O–H groups in total. The third kappa shape index (κ3) is 5.71. The molecule has 0 spiro atoms. The van der Waals surface area contributed by atoms with Crippen LogP contribution in [0.15, 0.2) is 42.6 Å². The maximum absolute atomic E-state index is 10.1. The average Bonchev–Trinajstić information content (AvgIpc) is 3.24. The van der Waals surface area contributed by atoms with E-state index in [0.29, 0.717) is 12.2 Å². The molecule has 6 heteroatoms. The van der Waals surface area contributed by atoms with Crippen LogP contribution in [0.5, 0.6) is 5.75 Å². The van der Waals surface area contributed by atoms with E-state index in [-0.39, 0.29) is 5.92 Å². The minimum absolute atomic E-state index is 0.270. The Morgan fingerprint density at radius 2 is 1.75 bits per heavy atom. The van der Waals surface area contributed by atoms with Crippen LogP contribution in [0.2, 0.25) is 0 Å². The van der Waals surface area contributed by atoms with E-state index in [1.807, 2.05) is 31.4 Å². The van der Waals surface area contributed by atoms with Crippen molar-refractivity contribution >= 4 is 0 Å². The maximum atomic E-state index is 10.1. The predicted octanol–water partition coefficient (Wildman–Crippen LogP) is 3.79. The smallest absolute Gasteiger partial charge is 0.120 e. The highest BCUT2D eigenvalue weighted by atomic mass is 16.5. The van der Waals surface area contributed by atoms with Gasteiger partial charge in [-0.25, -0.2) is 0 Å². The normalized spacial score (nSPS) is 16.9. The molecule has 0 amide bonds. The maximum Gasteiger partial charge on any atom is 0.120 e. The second kappa shape index (κ2) is 11.2. The van der Waals surface area contributed by atoms with Crippen LogP contribution in [0.3, 0.4) is 0 Å². The highest BCUT2D eigenvalue weighted by Gasteiger charge is 2.37. The first-order chi connectivity index (χ1) is 15.5. The van der Waals surface area contributed by atoms with E-state index in [9.17, 15) is 5.26 Å². The predicted molar refractivity (Wildman–Crippen MR) is 126 cm³/mol. The monoisotopic (exact) mass is 433 g/mol. The standard InChI is InChI=1S/C26H35N5O/c1-22(2)26(21-28,25-9-5-11-29(25)3)10-6-12-30-13-15-31(16-14-30)17-18-32-24-8-4-7-23(19-24)20-27/h4-5,7-9,11,19,22H,6,10,12-18H2,1-3H3. The Kier molecular flexibility index (Phi) is 8.33. The zero-order chi connectivity index (χ0) is 23.0. The highest BCUT2D eigenvalue weighted by molar-refractivity contribution is 5.36. The number of benzene rings is 1. The van der Waals surface area contributed by atoms with Gasteiger partial charge in [-0.3, -0.25) is 4.90 Å². The summed E-state index contributed by atoms with van der Waals surface area (Å²) in [6, 6.07) is 16.3. The molecule has 0 radical (unpaired) electrons. The lowest BCUT2D eigenvalue weighted by Crippen LogP contribution is -2.47. The largest absolute Gasteiger partial charge is 0.492 e. The first kappa shape index (κ1) is 23.9. The van der Waals surface area contributed by atoms with Crippen LogP contribution in [0.25, 0.3) is 0 Å². The summed E-state index contributed by atoms with van der Waals surface area (Å²) in [5.41, 5.74) is 1.32. The van der Waals surface area contributed by atoms with Crippen LogP contribution in [-0.2, 0) is 12.5 Å². The van der Waals surface area contributed by atoms with Crippen molar-refractivity contribution in [2.45, 2.75) is 32.1 Å². The molecule has 170 valence electrons. The summed E-state index contributed by atoms with van der Waals surface area (Å²) in [6.07, 6.45) is 3.94. The number of hydrogen-bond donors (Lipinski definition) is 0. The lowest BCUT2D eigenvalue weighted by molar-refractivity contribution is 0.114. The Hall–Kier alpha value is -2.80. The number of nitrogens with zero attached hydrogens (tertiary/aromatic N) is 5. The van der Waals surface area contributed by atoms with Crippen LogP contribution in [0, 0.1) is 28.6 Å². The van der Waals surface area contributed by atoms with Crippen LogP contribution in [0.4, 0.5) is 0 Å².